The van der Waals surface area contributed by atoms with E-state index in [1.807, 2.05) is 6.07 Å². The van der Waals surface area contributed by atoms with Crippen LogP contribution < -0.4 is 4.90 Å². The normalized spacial score (nSPS) is 11.5. The van der Waals surface area contributed by atoms with Crippen LogP contribution in [0.15, 0.2) is 174 Å². The van der Waals surface area contributed by atoms with Gasteiger partial charge in [0.2, 0.25) is 5.89 Å². The van der Waals surface area contributed by atoms with Crippen LogP contribution in [-0.4, -0.2) is 4.98 Å². The largest absolute Gasteiger partial charge is 0.435 e. The summed E-state index contributed by atoms with van der Waals surface area (Å²) in [5.74, 6) is 1.47. The Labute approximate surface area is 267 Å². The first-order valence-electron chi connectivity index (χ1n) is 15.6. The third kappa shape index (κ3) is 4.33. The summed E-state index contributed by atoms with van der Waals surface area (Å²) in [4.78, 5) is 7.42. The van der Waals surface area contributed by atoms with E-state index in [1.54, 1.807) is 0 Å². The van der Waals surface area contributed by atoms with Gasteiger partial charge in [0.25, 0.3) is 0 Å². The predicted molar refractivity (Wildman–Crippen MR) is 189 cm³/mol. The topological polar surface area (TPSA) is 29.3 Å². The van der Waals surface area contributed by atoms with Gasteiger partial charge in [-0.15, -0.1) is 0 Å². The van der Waals surface area contributed by atoms with Crippen molar-refractivity contribution in [1.29, 1.82) is 0 Å². The highest BCUT2D eigenvalue weighted by Crippen LogP contribution is 2.52. The van der Waals surface area contributed by atoms with E-state index in [0.717, 1.165) is 56.2 Å². The van der Waals surface area contributed by atoms with Crippen LogP contribution in [0.25, 0.3) is 67.1 Å². The van der Waals surface area contributed by atoms with Gasteiger partial charge in [-0.2, -0.15) is 0 Å². The summed E-state index contributed by atoms with van der Waals surface area (Å²) >= 11 is 0. The predicted octanol–water partition coefficient (Wildman–Crippen LogP) is 11.9. The monoisotopic (exact) mass is 588 g/mol. The van der Waals surface area contributed by atoms with E-state index in [0.29, 0.717) is 5.89 Å². The molecule has 7 aromatic carbocycles. The Hall–Kier alpha value is -6.19. The van der Waals surface area contributed by atoms with Gasteiger partial charge >= 0.3 is 0 Å². The first kappa shape index (κ1) is 26.2. The second-order valence-corrected chi connectivity index (χ2v) is 11.6. The van der Waals surface area contributed by atoms with Crippen LogP contribution >= 0.6 is 0 Å². The van der Waals surface area contributed by atoms with Crippen LogP contribution in [0.4, 0.5) is 17.1 Å². The second kappa shape index (κ2) is 10.8. The summed E-state index contributed by atoms with van der Waals surface area (Å²) in [5.41, 5.74) is 12.1. The van der Waals surface area contributed by atoms with E-state index >= 15 is 0 Å². The lowest BCUT2D eigenvalue weighted by atomic mass is 10.0. The lowest BCUT2D eigenvalue weighted by molar-refractivity contribution is 0.590. The highest BCUT2D eigenvalue weighted by Gasteiger charge is 2.30. The number of anilines is 3. The Morgan fingerprint density at radius 2 is 1.02 bits per heavy atom. The molecule has 0 unspecified atom stereocenters. The Kier molecular flexibility index (Phi) is 6.14. The van der Waals surface area contributed by atoms with E-state index < -0.39 is 0 Å². The second-order valence-electron chi connectivity index (χ2n) is 11.6. The molecule has 0 aliphatic heterocycles. The maximum absolute atomic E-state index is 6.58. The molecule has 9 rings (SSSR count). The first-order valence-corrected chi connectivity index (χ1v) is 15.6. The summed E-state index contributed by atoms with van der Waals surface area (Å²) in [6, 6.07) is 59.6. The number of fused-ring (bicyclic) bond motifs is 3. The number of hydrogen-bond acceptors (Lipinski definition) is 3. The van der Waals surface area contributed by atoms with Crippen LogP contribution in [0.3, 0.4) is 0 Å². The number of aromatic nitrogens is 1. The number of para-hydroxylation sites is 1. The molecular formula is C43H28N2O. The molecule has 0 spiro atoms. The van der Waals surface area contributed by atoms with Gasteiger partial charge in [0.1, 0.15) is 5.69 Å². The molecule has 0 atom stereocenters. The van der Waals surface area contributed by atoms with E-state index in [9.17, 15) is 0 Å². The molecular weight excluding hydrogens is 560 g/mol. The van der Waals surface area contributed by atoms with Gasteiger partial charge in [0, 0.05) is 38.8 Å². The van der Waals surface area contributed by atoms with Gasteiger partial charge in [-0.1, -0.05) is 121 Å². The molecule has 0 saturated heterocycles. The fraction of sp³-hybridized carbons (Fsp3) is 0. The van der Waals surface area contributed by atoms with E-state index in [4.69, 9.17) is 9.40 Å². The van der Waals surface area contributed by atoms with Gasteiger partial charge in [-0.05, 0) is 70.8 Å². The number of hydrogen-bond donors (Lipinski definition) is 0. The van der Waals surface area contributed by atoms with Crippen molar-refractivity contribution >= 4 is 27.8 Å². The molecule has 0 N–H and O–H groups in total. The summed E-state index contributed by atoms with van der Waals surface area (Å²) in [7, 11) is 0. The fourth-order valence-corrected chi connectivity index (χ4v) is 6.68. The highest BCUT2D eigenvalue weighted by molar-refractivity contribution is 6.17. The smallest absolute Gasteiger partial charge is 0.227 e. The minimum Gasteiger partial charge on any atom is -0.435 e. The Balaban J connectivity index is 1.15. The van der Waals surface area contributed by atoms with Crippen LogP contribution in [0.1, 0.15) is 0 Å². The van der Waals surface area contributed by atoms with Crippen molar-refractivity contribution in [2.45, 2.75) is 0 Å². The molecule has 8 aromatic rings. The van der Waals surface area contributed by atoms with Crippen LogP contribution in [0.2, 0.25) is 0 Å². The van der Waals surface area contributed by atoms with Crippen molar-refractivity contribution in [3.05, 3.63) is 170 Å². The zero-order valence-electron chi connectivity index (χ0n) is 25.0. The lowest BCUT2D eigenvalue weighted by Gasteiger charge is -2.27. The van der Waals surface area contributed by atoms with Crippen molar-refractivity contribution in [1.82, 2.24) is 4.98 Å². The van der Waals surface area contributed by atoms with E-state index in [-0.39, 0.29) is 0 Å². The van der Waals surface area contributed by atoms with Gasteiger partial charge in [-0.25, -0.2) is 4.98 Å². The van der Waals surface area contributed by atoms with Crippen molar-refractivity contribution in [3.8, 4) is 56.3 Å². The number of nitrogens with zero attached hydrogens (tertiary/aromatic N) is 2. The SMILES string of the molecule is c1ccc(-c2ccc(N(c3ccccc3)c3ccc4c5c(cccc35)-c3oc(-c5cccc(-c6ccccc6)c5)nc3-4)cc2)cc1. The summed E-state index contributed by atoms with van der Waals surface area (Å²) in [5, 5.41) is 2.33. The van der Waals surface area contributed by atoms with E-state index in [1.165, 1.54) is 22.1 Å². The Morgan fingerprint density at radius 1 is 0.435 bits per heavy atom. The van der Waals surface area contributed by atoms with Gasteiger partial charge < -0.3 is 9.32 Å². The average Bonchev–Trinajstić information content (AvgIpc) is 3.70. The number of benzene rings is 7. The summed E-state index contributed by atoms with van der Waals surface area (Å²) in [6.45, 7) is 0. The molecule has 3 nitrogen and oxygen atoms in total. The Bertz CT molecular complexity index is 2310. The molecule has 0 fully saturated rings. The van der Waals surface area contributed by atoms with Gasteiger partial charge in [0.05, 0.1) is 5.69 Å². The van der Waals surface area contributed by atoms with Crippen LogP contribution in [-0.2, 0) is 0 Å². The molecule has 1 aliphatic rings. The molecule has 3 heteroatoms. The van der Waals surface area contributed by atoms with Gasteiger partial charge in [0.15, 0.2) is 5.76 Å². The van der Waals surface area contributed by atoms with Crippen molar-refractivity contribution in [2.24, 2.45) is 0 Å². The number of oxazole rings is 1. The zero-order valence-corrected chi connectivity index (χ0v) is 25.0. The molecule has 1 aromatic heterocycles. The zero-order chi connectivity index (χ0) is 30.5. The molecule has 0 bridgehead atoms. The Morgan fingerprint density at radius 3 is 1.76 bits per heavy atom. The maximum atomic E-state index is 6.58. The maximum Gasteiger partial charge on any atom is 0.227 e. The third-order valence-corrected chi connectivity index (χ3v) is 8.85. The van der Waals surface area contributed by atoms with Crippen molar-refractivity contribution < 1.29 is 4.42 Å². The van der Waals surface area contributed by atoms with Crippen molar-refractivity contribution in [2.75, 3.05) is 4.90 Å². The molecule has 1 heterocycles. The fourth-order valence-electron chi connectivity index (χ4n) is 6.68. The molecule has 46 heavy (non-hydrogen) atoms. The first-order chi connectivity index (χ1) is 22.8. The molecule has 0 amide bonds. The molecule has 0 radical (unpaired) electrons. The summed E-state index contributed by atoms with van der Waals surface area (Å²) in [6.07, 6.45) is 0. The average molecular weight is 589 g/mol. The molecule has 1 aliphatic carbocycles. The standard InChI is InChI=1S/C43H28N2O/c1-4-12-29(13-5-1)31-22-24-35(25-23-31)45(34-18-8-3-9-19-34)39-27-26-37-40-36(39)20-11-21-38(40)42-41(37)44-43(46-42)33-17-10-16-32(28-33)30-14-6-2-7-15-30/h1-28H. The van der Waals surface area contributed by atoms with Crippen molar-refractivity contribution in [3.63, 3.8) is 0 Å². The molecule has 0 saturated carbocycles. The minimum atomic E-state index is 0.638. The lowest BCUT2D eigenvalue weighted by Crippen LogP contribution is -2.10. The summed E-state index contributed by atoms with van der Waals surface area (Å²) < 4.78 is 6.58. The van der Waals surface area contributed by atoms with E-state index in [2.05, 4.69) is 169 Å². The quantitative estimate of drug-likeness (QED) is 0.193. The minimum absolute atomic E-state index is 0.638. The van der Waals surface area contributed by atoms with Crippen LogP contribution in [0.5, 0.6) is 0 Å². The molecule has 216 valence electrons. The third-order valence-electron chi connectivity index (χ3n) is 8.85. The van der Waals surface area contributed by atoms with Crippen LogP contribution in [0, 0.1) is 0 Å². The number of rotatable bonds is 6. The highest BCUT2D eigenvalue weighted by atomic mass is 16.4. The van der Waals surface area contributed by atoms with Gasteiger partial charge in [-0.3, -0.25) is 0 Å².